The van der Waals surface area contributed by atoms with Crippen molar-refractivity contribution in [2.24, 2.45) is 0 Å². The molecule has 1 heterocycles. The molecule has 1 saturated carbocycles. The monoisotopic (exact) mass is 289 g/mol. The number of amides is 1. The molecule has 1 fully saturated rings. The highest BCUT2D eigenvalue weighted by Gasteiger charge is 2.29. The van der Waals surface area contributed by atoms with Gasteiger partial charge in [0.25, 0.3) is 5.91 Å². The number of hydrogen-bond acceptors (Lipinski definition) is 3. The van der Waals surface area contributed by atoms with Crippen molar-refractivity contribution >= 4 is 27.3 Å². The van der Waals surface area contributed by atoms with Gasteiger partial charge in [0, 0.05) is 23.9 Å². The number of nitrogens with zero attached hydrogens (tertiary/aromatic N) is 1. The van der Waals surface area contributed by atoms with Crippen molar-refractivity contribution in [1.29, 1.82) is 0 Å². The zero-order valence-electron chi connectivity index (χ0n) is 11.4. The van der Waals surface area contributed by atoms with Gasteiger partial charge in [0.15, 0.2) is 0 Å². The second-order valence-electron chi connectivity index (χ2n) is 5.31. The van der Waals surface area contributed by atoms with Crippen LogP contribution in [0.5, 0.6) is 0 Å². The Morgan fingerprint density at radius 1 is 1.35 bits per heavy atom. The van der Waals surface area contributed by atoms with E-state index in [4.69, 9.17) is 5.11 Å². The van der Waals surface area contributed by atoms with E-state index in [-0.39, 0.29) is 12.5 Å². The molecule has 0 unspecified atom stereocenters. The van der Waals surface area contributed by atoms with E-state index < -0.39 is 0 Å². The van der Waals surface area contributed by atoms with Crippen molar-refractivity contribution in [2.75, 3.05) is 13.2 Å². The van der Waals surface area contributed by atoms with Gasteiger partial charge in [0.05, 0.1) is 4.88 Å². The highest BCUT2D eigenvalue weighted by molar-refractivity contribution is 7.20. The van der Waals surface area contributed by atoms with Gasteiger partial charge < -0.3 is 10.0 Å². The van der Waals surface area contributed by atoms with E-state index in [1.54, 1.807) is 11.3 Å². The van der Waals surface area contributed by atoms with Crippen LogP contribution < -0.4 is 0 Å². The Kier molecular flexibility index (Phi) is 4.03. The molecule has 4 heteroatoms. The minimum atomic E-state index is 0.129. The van der Waals surface area contributed by atoms with Crippen molar-refractivity contribution in [3.05, 3.63) is 35.2 Å². The maximum Gasteiger partial charge on any atom is 0.264 e. The Bertz CT molecular complexity index is 570. The lowest BCUT2D eigenvalue weighted by atomic mass is 9.91. The van der Waals surface area contributed by atoms with Crippen LogP contribution in [-0.2, 0) is 0 Å². The maximum absolute atomic E-state index is 12.7. The normalized spacial score (nSPS) is 15.2. The van der Waals surface area contributed by atoms with E-state index >= 15 is 0 Å². The number of thiophene rings is 1. The molecule has 3 nitrogen and oxygen atoms in total. The van der Waals surface area contributed by atoms with E-state index in [9.17, 15) is 4.79 Å². The van der Waals surface area contributed by atoms with Gasteiger partial charge in [-0.1, -0.05) is 18.2 Å². The van der Waals surface area contributed by atoms with Gasteiger partial charge >= 0.3 is 0 Å². The molecule has 1 N–H and O–H groups in total. The summed E-state index contributed by atoms with van der Waals surface area (Å²) in [5, 5.41) is 10.2. The molecule has 0 saturated heterocycles. The second kappa shape index (κ2) is 5.94. The van der Waals surface area contributed by atoms with Crippen LogP contribution in [0.3, 0.4) is 0 Å². The number of carbonyl (C=O) groups is 1. The van der Waals surface area contributed by atoms with E-state index in [0.29, 0.717) is 19.0 Å². The smallest absolute Gasteiger partial charge is 0.264 e. The first-order valence-corrected chi connectivity index (χ1v) is 8.01. The fourth-order valence-electron chi connectivity index (χ4n) is 2.62. The molecular formula is C16H19NO2S. The molecule has 3 rings (SSSR count). The summed E-state index contributed by atoms with van der Waals surface area (Å²) in [6, 6.07) is 10.5. The lowest BCUT2D eigenvalue weighted by Crippen LogP contribution is -2.44. The highest BCUT2D eigenvalue weighted by Crippen LogP contribution is 2.30. The standard InChI is InChI=1S/C16H19NO2S/c18-10-4-9-17(13-6-3-7-13)16(19)15-11-12-5-1-2-8-14(12)20-15/h1-2,5,8,11,13,18H,3-4,6-7,9-10H2. The van der Waals surface area contributed by atoms with Crippen LogP contribution in [0.2, 0.25) is 0 Å². The summed E-state index contributed by atoms with van der Waals surface area (Å²) in [6.07, 6.45) is 4.07. The molecular weight excluding hydrogens is 270 g/mol. The first kappa shape index (κ1) is 13.6. The lowest BCUT2D eigenvalue weighted by molar-refractivity contribution is 0.0567. The van der Waals surface area contributed by atoms with Crippen LogP contribution in [0.15, 0.2) is 30.3 Å². The van der Waals surface area contributed by atoms with E-state index in [0.717, 1.165) is 27.8 Å². The molecule has 1 aromatic carbocycles. The van der Waals surface area contributed by atoms with Crippen LogP contribution >= 0.6 is 11.3 Å². The third kappa shape index (κ3) is 2.58. The molecule has 106 valence electrons. The Morgan fingerprint density at radius 2 is 2.15 bits per heavy atom. The number of carbonyl (C=O) groups excluding carboxylic acids is 1. The van der Waals surface area contributed by atoms with Gasteiger partial charge in [-0.3, -0.25) is 4.79 Å². The van der Waals surface area contributed by atoms with E-state index in [1.165, 1.54) is 6.42 Å². The zero-order chi connectivity index (χ0) is 13.9. The molecule has 0 radical (unpaired) electrons. The van der Waals surface area contributed by atoms with Crippen molar-refractivity contribution in [2.45, 2.75) is 31.7 Å². The zero-order valence-corrected chi connectivity index (χ0v) is 12.2. The molecule has 20 heavy (non-hydrogen) atoms. The Labute approximate surface area is 122 Å². The molecule has 0 atom stereocenters. The number of fused-ring (bicyclic) bond motifs is 1. The fourth-order valence-corrected chi connectivity index (χ4v) is 3.64. The summed E-state index contributed by atoms with van der Waals surface area (Å²) < 4.78 is 1.16. The van der Waals surface area contributed by atoms with Crippen molar-refractivity contribution in [3.63, 3.8) is 0 Å². The molecule has 0 bridgehead atoms. The summed E-state index contributed by atoms with van der Waals surface area (Å²) in [6.45, 7) is 0.803. The minimum absolute atomic E-state index is 0.129. The average Bonchev–Trinajstić information content (AvgIpc) is 2.84. The Hall–Kier alpha value is -1.39. The van der Waals surface area contributed by atoms with Gasteiger partial charge in [-0.05, 0) is 43.2 Å². The largest absolute Gasteiger partial charge is 0.396 e. The lowest BCUT2D eigenvalue weighted by Gasteiger charge is -2.37. The van der Waals surface area contributed by atoms with Gasteiger partial charge in [-0.25, -0.2) is 0 Å². The highest BCUT2D eigenvalue weighted by atomic mass is 32.1. The summed E-state index contributed by atoms with van der Waals surface area (Å²) in [5.74, 6) is 0.129. The average molecular weight is 289 g/mol. The summed E-state index contributed by atoms with van der Waals surface area (Å²) >= 11 is 1.57. The fraction of sp³-hybridized carbons (Fsp3) is 0.438. The van der Waals surface area contributed by atoms with Crippen LogP contribution in [0.1, 0.15) is 35.4 Å². The van der Waals surface area contributed by atoms with Crippen LogP contribution in [0, 0.1) is 0 Å². The number of hydrogen-bond donors (Lipinski definition) is 1. The van der Waals surface area contributed by atoms with E-state index in [1.807, 2.05) is 29.2 Å². The van der Waals surface area contributed by atoms with Crippen molar-refractivity contribution < 1.29 is 9.90 Å². The predicted molar refractivity (Wildman–Crippen MR) is 82.2 cm³/mol. The second-order valence-corrected chi connectivity index (χ2v) is 6.39. The van der Waals surface area contributed by atoms with Gasteiger partial charge in [-0.2, -0.15) is 0 Å². The summed E-state index contributed by atoms with van der Waals surface area (Å²) in [4.78, 5) is 15.5. The van der Waals surface area contributed by atoms with Crippen LogP contribution in [0.25, 0.3) is 10.1 Å². The number of aliphatic hydroxyl groups is 1. The Balaban J connectivity index is 1.83. The molecule has 0 aliphatic heterocycles. The quantitative estimate of drug-likeness (QED) is 0.917. The first-order valence-electron chi connectivity index (χ1n) is 7.20. The molecule has 1 aliphatic rings. The first-order chi connectivity index (χ1) is 9.79. The summed E-state index contributed by atoms with van der Waals surface area (Å²) in [5.41, 5.74) is 0. The van der Waals surface area contributed by atoms with Gasteiger partial charge in [0.1, 0.15) is 0 Å². The SMILES string of the molecule is O=C(c1cc2ccccc2s1)N(CCCO)C1CCC1. The van der Waals surface area contributed by atoms with Crippen LogP contribution in [0.4, 0.5) is 0 Å². The molecule has 2 aromatic rings. The van der Waals surface area contributed by atoms with Crippen molar-refractivity contribution in [3.8, 4) is 0 Å². The van der Waals surface area contributed by atoms with Crippen molar-refractivity contribution in [1.82, 2.24) is 4.90 Å². The molecule has 1 aliphatic carbocycles. The third-order valence-corrected chi connectivity index (χ3v) is 5.07. The maximum atomic E-state index is 12.7. The van der Waals surface area contributed by atoms with Gasteiger partial charge in [-0.15, -0.1) is 11.3 Å². The molecule has 1 aromatic heterocycles. The summed E-state index contributed by atoms with van der Waals surface area (Å²) in [7, 11) is 0. The van der Waals surface area contributed by atoms with Gasteiger partial charge in [0.2, 0.25) is 0 Å². The molecule has 1 amide bonds. The molecule has 0 spiro atoms. The predicted octanol–water partition coefficient (Wildman–Crippen LogP) is 3.28. The minimum Gasteiger partial charge on any atom is -0.396 e. The van der Waals surface area contributed by atoms with E-state index in [2.05, 4.69) is 6.07 Å². The Morgan fingerprint density at radius 3 is 2.80 bits per heavy atom. The number of aliphatic hydroxyl groups excluding tert-OH is 1. The van der Waals surface area contributed by atoms with Crippen LogP contribution in [-0.4, -0.2) is 35.1 Å². The number of rotatable bonds is 5. The topological polar surface area (TPSA) is 40.5 Å². The number of benzene rings is 1. The third-order valence-electron chi connectivity index (χ3n) is 3.97.